The molecule has 0 aromatic heterocycles. The summed E-state index contributed by atoms with van der Waals surface area (Å²) in [5.41, 5.74) is 0.515. The van der Waals surface area contributed by atoms with E-state index in [2.05, 4.69) is 10.0 Å². The molecule has 0 radical (unpaired) electrons. The Hall–Kier alpha value is -2.45. The van der Waals surface area contributed by atoms with Crippen LogP contribution in [0.25, 0.3) is 0 Å². The second-order valence-corrected chi connectivity index (χ2v) is 7.32. The third kappa shape index (κ3) is 4.77. The number of carbonyl (C=O) groups is 1. The summed E-state index contributed by atoms with van der Waals surface area (Å²) < 4.78 is 45.0. The third-order valence-corrected chi connectivity index (χ3v) is 4.90. The highest BCUT2D eigenvalue weighted by molar-refractivity contribution is 7.89. The Kier molecular flexibility index (Phi) is 5.76. The van der Waals surface area contributed by atoms with Crippen LogP contribution in [0.15, 0.2) is 47.4 Å². The van der Waals surface area contributed by atoms with Crippen molar-refractivity contribution >= 4 is 21.6 Å². The SMILES string of the molecule is COc1ccc(C(=O)Nc2ccc(S(=O)(=O)NC(C)C)cc2)cc1F. The topological polar surface area (TPSA) is 84.5 Å². The van der Waals surface area contributed by atoms with Gasteiger partial charge in [0.1, 0.15) is 0 Å². The highest BCUT2D eigenvalue weighted by atomic mass is 32.2. The molecule has 2 N–H and O–H groups in total. The van der Waals surface area contributed by atoms with Crippen molar-refractivity contribution in [2.75, 3.05) is 12.4 Å². The molecule has 0 spiro atoms. The van der Waals surface area contributed by atoms with Crippen molar-refractivity contribution in [3.05, 3.63) is 53.8 Å². The van der Waals surface area contributed by atoms with Crippen molar-refractivity contribution in [1.29, 1.82) is 0 Å². The minimum absolute atomic E-state index is 0.0452. The van der Waals surface area contributed by atoms with Crippen LogP contribution in [0.1, 0.15) is 24.2 Å². The van der Waals surface area contributed by atoms with Gasteiger partial charge in [0.2, 0.25) is 10.0 Å². The Morgan fingerprint density at radius 1 is 1.12 bits per heavy atom. The van der Waals surface area contributed by atoms with E-state index in [-0.39, 0.29) is 22.3 Å². The molecule has 2 aromatic carbocycles. The zero-order valence-corrected chi connectivity index (χ0v) is 14.9. The van der Waals surface area contributed by atoms with Crippen LogP contribution in [0.4, 0.5) is 10.1 Å². The summed E-state index contributed by atoms with van der Waals surface area (Å²) >= 11 is 0. The van der Waals surface area contributed by atoms with Gasteiger partial charge in [-0.2, -0.15) is 0 Å². The summed E-state index contributed by atoms with van der Waals surface area (Å²) in [6, 6.07) is 9.33. The third-order valence-electron chi connectivity index (χ3n) is 3.23. The summed E-state index contributed by atoms with van der Waals surface area (Å²) in [5, 5.41) is 2.58. The van der Waals surface area contributed by atoms with Gasteiger partial charge in [-0.25, -0.2) is 17.5 Å². The number of hydrogen-bond acceptors (Lipinski definition) is 4. The molecular formula is C17H19FN2O4S. The smallest absolute Gasteiger partial charge is 0.255 e. The minimum atomic E-state index is -3.60. The summed E-state index contributed by atoms with van der Waals surface area (Å²) in [6.07, 6.45) is 0. The molecule has 6 nitrogen and oxygen atoms in total. The van der Waals surface area contributed by atoms with Gasteiger partial charge in [-0.1, -0.05) is 0 Å². The molecule has 0 aliphatic carbocycles. The first-order valence-electron chi connectivity index (χ1n) is 7.50. The zero-order chi connectivity index (χ0) is 18.6. The molecule has 25 heavy (non-hydrogen) atoms. The maximum Gasteiger partial charge on any atom is 0.255 e. The van der Waals surface area contributed by atoms with E-state index in [1.165, 1.54) is 43.5 Å². The number of hydrogen-bond donors (Lipinski definition) is 2. The van der Waals surface area contributed by atoms with Gasteiger partial charge >= 0.3 is 0 Å². The number of carbonyl (C=O) groups excluding carboxylic acids is 1. The first kappa shape index (κ1) is 18.9. The van der Waals surface area contributed by atoms with Gasteiger partial charge < -0.3 is 10.1 Å². The zero-order valence-electron chi connectivity index (χ0n) is 14.0. The normalized spacial score (nSPS) is 11.4. The van der Waals surface area contributed by atoms with Crippen LogP contribution in [0, 0.1) is 5.82 Å². The largest absolute Gasteiger partial charge is 0.494 e. The van der Waals surface area contributed by atoms with Crippen LogP contribution < -0.4 is 14.8 Å². The molecule has 0 aliphatic heterocycles. The Balaban J connectivity index is 2.13. The first-order chi connectivity index (χ1) is 11.7. The Morgan fingerprint density at radius 2 is 1.76 bits per heavy atom. The van der Waals surface area contributed by atoms with Crippen LogP contribution in [0.2, 0.25) is 0 Å². The fourth-order valence-electron chi connectivity index (χ4n) is 2.11. The monoisotopic (exact) mass is 366 g/mol. The lowest BCUT2D eigenvalue weighted by Crippen LogP contribution is -2.30. The summed E-state index contributed by atoms with van der Waals surface area (Å²) in [7, 11) is -2.26. The number of sulfonamides is 1. The molecule has 0 aliphatic rings. The summed E-state index contributed by atoms with van der Waals surface area (Å²) in [4.78, 5) is 12.2. The predicted octanol–water partition coefficient (Wildman–Crippen LogP) is 2.77. The van der Waals surface area contributed by atoms with E-state index in [9.17, 15) is 17.6 Å². The Labute approximate surface area is 146 Å². The van der Waals surface area contributed by atoms with Crippen molar-refractivity contribution in [3.8, 4) is 5.75 Å². The first-order valence-corrected chi connectivity index (χ1v) is 8.98. The molecule has 0 bridgehead atoms. The fraction of sp³-hybridized carbons (Fsp3) is 0.235. The molecule has 2 aromatic rings. The number of benzene rings is 2. The molecule has 134 valence electrons. The molecule has 0 saturated heterocycles. The number of halogens is 1. The Bertz CT molecular complexity index is 865. The lowest BCUT2D eigenvalue weighted by molar-refractivity contribution is 0.102. The number of anilines is 1. The van der Waals surface area contributed by atoms with Crippen LogP contribution in [-0.4, -0.2) is 27.5 Å². The van der Waals surface area contributed by atoms with Gasteiger partial charge in [0.15, 0.2) is 11.6 Å². The molecule has 0 atom stereocenters. The van der Waals surface area contributed by atoms with E-state index >= 15 is 0 Å². The molecule has 1 amide bonds. The number of ether oxygens (including phenoxy) is 1. The van der Waals surface area contributed by atoms with E-state index in [0.717, 1.165) is 6.07 Å². The van der Waals surface area contributed by atoms with Gasteiger partial charge in [0.25, 0.3) is 5.91 Å². The van der Waals surface area contributed by atoms with Crippen LogP contribution in [-0.2, 0) is 10.0 Å². The minimum Gasteiger partial charge on any atom is -0.494 e. The van der Waals surface area contributed by atoms with E-state index in [1.54, 1.807) is 13.8 Å². The predicted molar refractivity (Wildman–Crippen MR) is 92.8 cm³/mol. The number of nitrogens with one attached hydrogen (secondary N) is 2. The lowest BCUT2D eigenvalue weighted by Gasteiger charge is -2.11. The molecular weight excluding hydrogens is 347 g/mol. The second-order valence-electron chi connectivity index (χ2n) is 5.60. The number of methoxy groups -OCH3 is 1. The molecule has 0 saturated carbocycles. The molecule has 2 rings (SSSR count). The standard InChI is InChI=1S/C17H19FN2O4S/c1-11(2)20-25(22,23)14-7-5-13(6-8-14)19-17(21)12-4-9-16(24-3)15(18)10-12/h4-11,20H,1-3H3,(H,19,21). The average Bonchev–Trinajstić information content (AvgIpc) is 2.54. The number of amides is 1. The molecule has 0 heterocycles. The molecule has 0 unspecified atom stereocenters. The van der Waals surface area contributed by atoms with Gasteiger partial charge in [0.05, 0.1) is 12.0 Å². The molecule has 8 heteroatoms. The van der Waals surface area contributed by atoms with Crippen molar-refractivity contribution in [3.63, 3.8) is 0 Å². The highest BCUT2D eigenvalue weighted by Gasteiger charge is 2.15. The van der Waals surface area contributed by atoms with Gasteiger partial charge in [-0.15, -0.1) is 0 Å². The number of rotatable bonds is 6. The fourth-order valence-corrected chi connectivity index (χ4v) is 3.36. The van der Waals surface area contributed by atoms with Crippen LogP contribution in [0.3, 0.4) is 0 Å². The highest BCUT2D eigenvalue weighted by Crippen LogP contribution is 2.19. The van der Waals surface area contributed by atoms with Gasteiger partial charge in [-0.3, -0.25) is 4.79 Å². The molecule has 0 fully saturated rings. The van der Waals surface area contributed by atoms with Crippen molar-refractivity contribution in [2.45, 2.75) is 24.8 Å². The van der Waals surface area contributed by atoms with Crippen molar-refractivity contribution in [2.24, 2.45) is 0 Å². The quantitative estimate of drug-likeness (QED) is 0.823. The van der Waals surface area contributed by atoms with Crippen LogP contribution >= 0.6 is 0 Å². The van der Waals surface area contributed by atoms with E-state index in [1.807, 2.05) is 0 Å². The van der Waals surface area contributed by atoms with Crippen LogP contribution in [0.5, 0.6) is 5.75 Å². The average molecular weight is 366 g/mol. The second kappa shape index (κ2) is 7.62. The van der Waals surface area contributed by atoms with Crippen molar-refractivity contribution in [1.82, 2.24) is 4.72 Å². The van der Waals surface area contributed by atoms with E-state index in [4.69, 9.17) is 4.74 Å². The maximum absolute atomic E-state index is 13.7. The summed E-state index contributed by atoms with van der Waals surface area (Å²) in [6.45, 7) is 3.44. The Morgan fingerprint density at radius 3 is 2.28 bits per heavy atom. The van der Waals surface area contributed by atoms with Gasteiger partial charge in [-0.05, 0) is 56.3 Å². The van der Waals surface area contributed by atoms with Crippen molar-refractivity contribution < 1.29 is 22.3 Å². The van der Waals surface area contributed by atoms with E-state index < -0.39 is 21.7 Å². The maximum atomic E-state index is 13.7. The lowest BCUT2D eigenvalue weighted by atomic mass is 10.2. The summed E-state index contributed by atoms with van der Waals surface area (Å²) in [5.74, 6) is -1.11. The van der Waals surface area contributed by atoms with E-state index in [0.29, 0.717) is 5.69 Å². The van der Waals surface area contributed by atoms with Gasteiger partial charge in [0, 0.05) is 17.3 Å².